The number of hydrogen-bond acceptors (Lipinski definition) is 6. The Morgan fingerprint density at radius 3 is 2.48 bits per heavy atom. The van der Waals surface area contributed by atoms with E-state index in [4.69, 9.17) is 9.47 Å². The van der Waals surface area contributed by atoms with E-state index in [1.54, 1.807) is 13.1 Å². The predicted octanol–water partition coefficient (Wildman–Crippen LogP) is 3.63. The summed E-state index contributed by atoms with van der Waals surface area (Å²) in [7, 11) is 1.42. The first-order valence-electron chi connectivity index (χ1n) is 8.08. The molecule has 0 aliphatic heterocycles. The number of methoxy groups -OCH3 is 1. The van der Waals surface area contributed by atoms with E-state index in [0.717, 1.165) is 5.69 Å². The molecule has 0 saturated carbocycles. The second-order valence-corrected chi connectivity index (χ2v) is 5.83. The first kappa shape index (κ1) is 18.1. The van der Waals surface area contributed by atoms with Crippen LogP contribution in [0.25, 0.3) is 5.69 Å². The summed E-state index contributed by atoms with van der Waals surface area (Å²) in [6, 6.07) is 12.1. The molecule has 27 heavy (non-hydrogen) atoms. The molecule has 0 spiro atoms. The Morgan fingerprint density at radius 1 is 1.15 bits per heavy atom. The Balaban J connectivity index is 1.97. The number of carbonyl (C=O) groups excluding carboxylic acids is 1. The van der Waals surface area contributed by atoms with E-state index < -0.39 is 10.9 Å². The van der Waals surface area contributed by atoms with Gasteiger partial charge in [-0.15, -0.1) is 0 Å². The third-order valence-corrected chi connectivity index (χ3v) is 4.08. The molecule has 0 saturated heterocycles. The molecule has 0 fully saturated rings. The highest BCUT2D eigenvalue weighted by Crippen LogP contribution is 2.32. The van der Waals surface area contributed by atoms with E-state index in [1.807, 2.05) is 30.3 Å². The third kappa shape index (κ3) is 3.50. The molecule has 3 aromatic rings. The quantitative estimate of drug-likeness (QED) is 0.296. The lowest BCUT2D eigenvalue weighted by atomic mass is 10.1. The van der Waals surface area contributed by atoms with Crippen LogP contribution in [0.3, 0.4) is 0 Å². The predicted molar refractivity (Wildman–Crippen MR) is 97.6 cm³/mol. The van der Waals surface area contributed by atoms with Gasteiger partial charge in [0, 0.05) is 6.07 Å². The number of nitro groups is 1. The van der Waals surface area contributed by atoms with E-state index in [0.29, 0.717) is 5.56 Å². The van der Waals surface area contributed by atoms with Gasteiger partial charge in [0.1, 0.15) is 5.75 Å². The normalized spacial score (nSPS) is 10.5. The minimum atomic E-state index is -0.756. The van der Waals surface area contributed by atoms with Gasteiger partial charge in [0.15, 0.2) is 5.75 Å². The summed E-state index contributed by atoms with van der Waals surface area (Å²) in [6.07, 6.45) is 1.57. The molecule has 0 atom stereocenters. The molecular weight excluding hydrogens is 350 g/mol. The van der Waals surface area contributed by atoms with Crippen LogP contribution in [0.2, 0.25) is 0 Å². The monoisotopic (exact) mass is 367 g/mol. The molecule has 0 unspecified atom stereocenters. The van der Waals surface area contributed by atoms with Crippen molar-refractivity contribution in [2.45, 2.75) is 13.8 Å². The van der Waals surface area contributed by atoms with Gasteiger partial charge in [-0.2, -0.15) is 5.10 Å². The molecular formula is C19H17N3O5. The number of para-hydroxylation sites is 1. The molecule has 1 heterocycles. The van der Waals surface area contributed by atoms with Crippen LogP contribution in [-0.2, 0) is 0 Å². The highest BCUT2D eigenvalue weighted by molar-refractivity contribution is 5.92. The van der Waals surface area contributed by atoms with Crippen molar-refractivity contribution in [3.63, 3.8) is 0 Å². The highest BCUT2D eigenvalue weighted by Gasteiger charge is 2.24. The molecule has 8 heteroatoms. The number of aryl methyl sites for hydroxylation is 1. The lowest BCUT2D eigenvalue weighted by molar-refractivity contribution is -0.385. The fourth-order valence-corrected chi connectivity index (χ4v) is 2.67. The van der Waals surface area contributed by atoms with Crippen LogP contribution < -0.4 is 9.47 Å². The second kappa shape index (κ2) is 7.28. The number of carbonyl (C=O) groups is 1. The van der Waals surface area contributed by atoms with Crippen LogP contribution in [0.15, 0.2) is 48.7 Å². The Morgan fingerprint density at radius 2 is 1.85 bits per heavy atom. The smallest absolute Gasteiger partial charge is 0.368 e. The summed E-state index contributed by atoms with van der Waals surface area (Å²) < 4.78 is 12.2. The van der Waals surface area contributed by atoms with Gasteiger partial charge >= 0.3 is 5.97 Å². The second-order valence-electron chi connectivity index (χ2n) is 5.83. The van der Waals surface area contributed by atoms with Crippen LogP contribution in [0, 0.1) is 24.0 Å². The van der Waals surface area contributed by atoms with Crippen LogP contribution in [0.1, 0.15) is 21.6 Å². The molecule has 0 aliphatic carbocycles. The summed E-state index contributed by atoms with van der Waals surface area (Å²) in [4.78, 5) is 23.3. The van der Waals surface area contributed by atoms with Gasteiger partial charge in [0.05, 0.1) is 29.5 Å². The highest BCUT2D eigenvalue weighted by atomic mass is 16.6. The van der Waals surface area contributed by atoms with E-state index in [-0.39, 0.29) is 28.4 Å². The topological polar surface area (TPSA) is 96.5 Å². The lowest BCUT2D eigenvalue weighted by Crippen LogP contribution is -2.13. The van der Waals surface area contributed by atoms with Crippen molar-refractivity contribution >= 4 is 11.7 Å². The maximum atomic E-state index is 12.7. The average molecular weight is 367 g/mol. The third-order valence-electron chi connectivity index (χ3n) is 4.08. The Bertz CT molecular complexity index is 1010. The maximum absolute atomic E-state index is 12.7. The zero-order valence-electron chi connectivity index (χ0n) is 15.0. The molecule has 0 bridgehead atoms. The molecule has 0 aliphatic rings. The van der Waals surface area contributed by atoms with Crippen molar-refractivity contribution in [2.75, 3.05) is 7.11 Å². The van der Waals surface area contributed by atoms with Gasteiger partial charge in [-0.25, -0.2) is 9.48 Å². The average Bonchev–Trinajstić information content (AvgIpc) is 3.10. The molecule has 8 nitrogen and oxygen atoms in total. The van der Waals surface area contributed by atoms with Crippen LogP contribution in [0.4, 0.5) is 5.69 Å². The van der Waals surface area contributed by atoms with Crippen LogP contribution >= 0.6 is 0 Å². The molecule has 0 N–H and O–H groups in total. The number of nitrogens with zero attached hydrogens (tertiary/aromatic N) is 3. The SMILES string of the molecule is COc1cn(-c2ccccc2)nc1C(=O)Oc1c(C)ccc([N+](=O)[O-])c1C. The van der Waals surface area contributed by atoms with Gasteiger partial charge in [0.2, 0.25) is 5.69 Å². The lowest BCUT2D eigenvalue weighted by Gasteiger charge is -2.10. The van der Waals surface area contributed by atoms with Gasteiger partial charge in [0.25, 0.3) is 5.69 Å². The number of aromatic nitrogens is 2. The molecule has 3 rings (SSSR count). The Hall–Kier alpha value is -3.68. The van der Waals surface area contributed by atoms with Gasteiger partial charge < -0.3 is 9.47 Å². The number of esters is 1. The molecule has 0 amide bonds. The first-order chi connectivity index (χ1) is 12.9. The van der Waals surface area contributed by atoms with Gasteiger partial charge in [-0.05, 0) is 37.6 Å². The maximum Gasteiger partial charge on any atom is 0.368 e. The molecule has 0 radical (unpaired) electrons. The number of nitro benzene ring substituents is 1. The van der Waals surface area contributed by atoms with Crippen LogP contribution in [-0.4, -0.2) is 27.8 Å². The summed E-state index contributed by atoms with van der Waals surface area (Å²) >= 11 is 0. The van der Waals surface area contributed by atoms with E-state index >= 15 is 0 Å². The number of hydrogen-bond donors (Lipinski definition) is 0. The summed E-state index contributed by atoms with van der Waals surface area (Å²) in [6.45, 7) is 3.24. The van der Waals surface area contributed by atoms with E-state index in [9.17, 15) is 14.9 Å². The zero-order chi connectivity index (χ0) is 19.6. The fourth-order valence-electron chi connectivity index (χ4n) is 2.67. The summed E-state index contributed by atoms with van der Waals surface area (Å²) in [5.41, 5.74) is 1.48. The fraction of sp³-hybridized carbons (Fsp3) is 0.158. The largest absolute Gasteiger partial charge is 0.493 e. The molecule has 2 aromatic carbocycles. The minimum absolute atomic E-state index is 0.0216. The number of ether oxygens (including phenoxy) is 2. The first-order valence-corrected chi connectivity index (χ1v) is 8.08. The van der Waals surface area contributed by atoms with Crippen molar-refractivity contribution < 1.29 is 19.2 Å². The van der Waals surface area contributed by atoms with Gasteiger partial charge in [-0.3, -0.25) is 10.1 Å². The number of benzene rings is 2. The minimum Gasteiger partial charge on any atom is -0.493 e. The van der Waals surface area contributed by atoms with Crippen molar-refractivity contribution in [2.24, 2.45) is 0 Å². The standard InChI is InChI=1S/C19H17N3O5/c1-12-9-10-15(22(24)25)13(2)18(12)27-19(23)17-16(26-3)11-21(20-17)14-7-5-4-6-8-14/h4-11H,1-3H3. The summed E-state index contributed by atoms with van der Waals surface area (Å²) in [5.74, 6) is -0.372. The zero-order valence-corrected chi connectivity index (χ0v) is 15.0. The van der Waals surface area contributed by atoms with E-state index in [1.165, 1.54) is 30.8 Å². The van der Waals surface area contributed by atoms with Crippen molar-refractivity contribution in [3.8, 4) is 17.2 Å². The van der Waals surface area contributed by atoms with Gasteiger partial charge in [-0.1, -0.05) is 18.2 Å². The van der Waals surface area contributed by atoms with Crippen molar-refractivity contribution in [1.82, 2.24) is 9.78 Å². The molecule has 138 valence electrons. The van der Waals surface area contributed by atoms with Crippen molar-refractivity contribution in [3.05, 3.63) is 75.6 Å². The van der Waals surface area contributed by atoms with E-state index in [2.05, 4.69) is 5.10 Å². The van der Waals surface area contributed by atoms with Crippen molar-refractivity contribution in [1.29, 1.82) is 0 Å². The Labute approximate surface area is 155 Å². The number of rotatable bonds is 5. The van der Waals surface area contributed by atoms with Crippen LogP contribution in [0.5, 0.6) is 11.5 Å². The summed E-state index contributed by atoms with van der Waals surface area (Å²) in [5, 5.41) is 15.4. The Kier molecular flexibility index (Phi) is 4.89. The molecule has 1 aromatic heterocycles.